The van der Waals surface area contributed by atoms with Crippen LogP contribution in [0.3, 0.4) is 0 Å². The summed E-state index contributed by atoms with van der Waals surface area (Å²) >= 11 is 6.33. The van der Waals surface area contributed by atoms with Crippen molar-refractivity contribution in [3.05, 3.63) is 47.2 Å². The van der Waals surface area contributed by atoms with Crippen LogP contribution < -0.4 is 10.6 Å². The zero-order chi connectivity index (χ0) is 31.4. The molecule has 0 fully saturated rings. The van der Waals surface area contributed by atoms with Gasteiger partial charge in [-0.1, -0.05) is 65.5 Å². The highest BCUT2D eigenvalue weighted by Crippen LogP contribution is 2.57. The van der Waals surface area contributed by atoms with Crippen molar-refractivity contribution in [2.45, 2.75) is 79.1 Å². The fourth-order valence-electron chi connectivity index (χ4n) is 4.25. The lowest BCUT2D eigenvalue weighted by atomic mass is 10.3. The highest BCUT2D eigenvalue weighted by molar-refractivity contribution is 7.64. The Morgan fingerprint density at radius 2 is 0.932 bits per heavy atom. The molecule has 4 heterocycles. The maximum Gasteiger partial charge on any atom is 0.362 e. The summed E-state index contributed by atoms with van der Waals surface area (Å²) < 4.78 is 53.8. The van der Waals surface area contributed by atoms with Crippen molar-refractivity contribution in [2.24, 2.45) is 0 Å². The monoisotopic (exact) mass is 714 g/mol. The number of unbranched alkanes of at least 4 members (excludes halogenated alkanes) is 4. The van der Waals surface area contributed by atoms with Crippen LogP contribution >= 0.6 is 60.5 Å². The van der Waals surface area contributed by atoms with Gasteiger partial charge in [0, 0.05) is 19.5 Å². The minimum atomic E-state index is -3.67. The molecule has 12 heteroatoms. The predicted molar refractivity (Wildman–Crippen MR) is 192 cm³/mol. The maximum atomic E-state index is 14.7. The second-order valence-electron chi connectivity index (χ2n) is 10.3. The molecule has 4 rings (SSSR count). The summed E-state index contributed by atoms with van der Waals surface area (Å²) in [6.45, 7) is 9.75. The predicted octanol–water partition coefficient (Wildman–Crippen LogP) is 11.8. The van der Waals surface area contributed by atoms with Crippen LogP contribution in [-0.2, 0) is 27.2 Å². The molecule has 6 nitrogen and oxygen atoms in total. The van der Waals surface area contributed by atoms with Gasteiger partial charge in [-0.25, -0.2) is 0 Å². The van der Waals surface area contributed by atoms with Gasteiger partial charge in [-0.2, -0.15) is 0 Å². The standard InChI is InChI=1S/C32H44O6P2S4/c1-5-9-17-35-39(33,36-18-10-6-2)25-23-29(27-15-13-21-41-27)43-32(25)30-24-26(31(44-30)28-16-14-22-42-28)40(34,37-19-11-7-3)38-20-12-8-4/h13-16,21-24H,5-12,17-20H2,1-4H3. The quantitative estimate of drug-likeness (QED) is 0.0632. The van der Waals surface area contributed by atoms with Crippen molar-refractivity contribution >= 4 is 71.1 Å². The molecule has 0 spiro atoms. The topological polar surface area (TPSA) is 71.1 Å². The van der Waals surface area contributed by atoms with Gasteiger partial charge < -0.3 is 18.1 Å². The summed E-state index contributed by atoms with van der Waals surface area (Å²) in [4.78, 5) is 5.60. The first-order valence-corrected chi connectivity index (χ1v) is 22.0. The summed E-state index contributed by atoms with van der Waals surface area (Å²) in [5, 5.41) is 5.19. The normalized spacial score (nSPS) is 12.4. The minimum absolute atomic E-state index is 0.353. The fourth-order valence-corrected chi connectivity index (χ4v) is 12.9. The molecule has 0 N–H and O–H groups in total. The van der Waals surface area contributed by atoms with Crippen LogP contribution in [0.25, 0.3) is 29.3 Å². The highest BCUT2D eigenvalue weighted by Gasteiger charge is 2.37. The van der Waals surface area contributed by atoms with Crippen LogP contribution in [0.1, 0.15) is 79.1 Å². The van der Waals surface area contributed by atoms with Gasteiger partial charge in [0.2, 0.25) is 0 Å². The van der Waals surface area contributed by atoms with Crippen molar-refractivity contribution in [3.63, 3.8) is 0 Å². The van der Waals surface area contributed by atoms with E-state index < -0.39 is 15.2 Å². The molecule has 0 aliphatic heterocycles. The molecular formula is C32H44O6P2S4. The molecular weight excluding hydrogens is 671 g/mol. The molecule has 4 aromatic rings. The van der Waals surface area contributed by atoms with E-state index in [1.807, 2.05) is 41.1 Å². The Balaban J connectivity index is 1.89. The van der Waals surface area contributed by atoms with E-state index in [-0.39, 0.29) is 0 Å². The molecule has 0 unspecified atom stereocenters. The lowest BCUT2D eigenvalue weighted by molar-refractivity contribution is 0.208. The molecule has 0 aliphatic rings. The highest BCUT2D eigenvalue weighted by atomic mass is 32.1. The van der Waals surface area contributed by atoms with Crippen LogP contribution in [0, 0.1) is 0 Å². The van der Waals surface area contributed by atoms with Gasteiger partial charge in [0.15, 0.2) is 0 Å². The van der Waals surface area contributed by atoms with E-state index in [0.717, 1.165) is 80.6 Å². The number of thiophene rings is 4. The van der Waals surface area contributed by atoms with E-state index in [1.54, 1.807) is 34.0 Å². The van der Waals surface area contributed by atoms with Gasteiger partial charge in [-0.15, -0.1) is 45.3 Å². The number of hydrogen-bond donors (Lipinski definition) is 0. The molecule has 0 aromatic carbocycles. The summed E-state index contributed by atoms with van der Waals surface area (Å²) in [5.74, 6) is 0. The van der Waals surface area contributed by atoms with Gasteiger partial charge >= 0.3 is 15.2 Å². The van der Waals surface area contributed by atoms with Gasteiger partial charge in [0.25, 0.3) is 0 Å². The van der Waals surface area contributed by atoms with E-state index in [0.29, 0.717) is 37.0 Å². The Hall–Kier alpha value is -0.900. The largest absolute Gasteiger partial charge is 0.362 e. The molecule has 0 amide bonds. The Morgan fingerprint density at radius 3 is 1.34 bits per heavy atom. The van der Waals surface area contributed by atoms with Crippen molar-refractivity contribution in [1.29, 1.82) is 0 Å². The van der Waals surface area contributed by atoms with E-state index in [1.165, 1.54) is 11.3 Å². The second-order valence-corrected chi connectivity index (χ2v) is 18.3. The number of hydrogen-bond acceptors (Lipinski definition) is 10. The first kappa shape index (κ1) is 35.9. The molecule has 44 heavy (non-hydrogen) atoms. The van der Waals surface area contributed by atoms with Gasteiger partial charge in [-0.05, 0) is 60.7 Å². The van der Waals surface area contributed by atoms with E-state index in [2.05, 4.69) is 33.8 Å². The summed E-state index contributed by atoms with van der Waals surface area (Å²) in [7, 11) is -7.33. The SMILES string of the molecule is CCCCOP(=O)(OCCCC)c1cc(-c2cccs2)sc1-c1cc(P(=O)(OCCCC)OCCCC)c(-c2cccs2)s1. The molecule has 0 saturated heterocycles. The average molecular weight is 715 g/mol. The fraction of sp³-hybridized carbons (Fsp3) is 0.500. The lowest BCUT2D eigenvalue weighted by Crippen LogP contribution is -2.13. The number of rotatable bonds is 21. The summed E-state index contributed by atoms with van der Waals surface area (Å²) in [5.41, 5.74) is 0. The Bertz CT molecular complexity index is 1460. The molecule has 242 valence electrons. The average Bonchev–Trinajstić information content (AvgIpc) is 3.84. The minimum Gasteiger partial charge on any atom is -0.305 e. The summed E-state index contributed by atoms with van der Waals surface area (Å²) in [6.07, 6.45) is 6.87. The van der Waals surface area contributed by atoms with Crippen LogP contribution in [0.2, 0.25) is 0 Å². The molecule has 0 radical (unpaired) electrons. The van der Waals surface area contributed by atoms with Crippen LogP contribution in [0.15, 0.2) is 47.2 Å². The lowest BCUT2D eigenvalue weighted by Gasteiger charge is -2.19. The van der Waals surface area contributed by atoms with E-state index >= 15 is 0 Å². The molecule has 0 aliphatic carbocycles. The van der Waals surface area contributed by atoms with Gasteiger partial charge in [-0.3, -0.25) is 9.13 Å². The van der Waals surface area contributed by atoms with Crippen LogP contribution in [-0.4, -0.2) is 26.4 Å². The van der Waals surface area contributed by atoms with Crippen LogP contribution in [0.5, 0.6) is 0 Å². The summed E-state index contributed by atoms with van der Waals surface area (Å²) in [6, 6.07) is 12.0. The van der Waals surface area contributed by atoms with Gasteiger partial charge in [0.1, 0.15) is 0 Å². The smallest absolute Gasteiger partial charge is 0.305 e. The van der Waals surface area contributed by atoms with Crippen molar-refractivity contribution in [1.82, 2.24) is 0 Å². The van der Waals surface area contributed by atoms with Crippen LogP contribution in [0.4, 0.5) is 0 Å². The third-order valence-corrected chi connectivity index (χ3v) is 15.6. The second kappa shape index (κ2) is 17.9. The third-order valence-electron chi connectivity index (χ3n) is 6.78. The molecule has 0 atom stereocenters. The molecule has 0 saturated carbocycles. The van der Waals surface area contributed by atoms with Gasteiger partial charge in [0.05, 0.1) is 46.8 Å². The van der Waals surface area contributed by atoms with Crippen molar-refractivity contribution in [2.75, 3.05) is 26.4 Å². The Kier molecular flexibility index (Phi) is 14.6. The first-order chi connectivity index (χ1) is 21.4. The zero-order valence-corrected chi connectivity index (χ0v) is 31.1. The Morgan fingerprint density at radius 1 is 0.545 bits per heavy atom. The maximum absolute atomic E-state index is 14.7. The first-order valence-electron chi connectivity index (χ1n) is 15.5. The van der Waals surface area contributed by atoms with E-state index in [4.69, 9.17) is 18.1 Å². The molecule has 0 bridgehead atoms. The third kappa shape index (κ3) is 9.13. The van der Waals surface area contributed by atoms with Crippen molar-refractivity contribution in [3.8, 4) is 29.3 Å². The van der Waals surface area contributed by atoms with E-state index in [9.17, 15) is 9.13 Å². The van der Waals surface area contributed by atoms with Crippen molar-refractivity contribution < 1.29 is 27.2 Å². The zero-order valence-electron chi connectivity index (χ0n) is 26.1. The Labute approximate surface area is 278 Å². The molecule has 4 aromatic heterocycles.